The minimum Gasteiger partial charge on any atom is -0.481 e. The van der Waals surface area contributed by atoms with Crippen molar-refractivity contribution in [2.45, 2.75) is 25.4 Å². The SMILES string of the molecule is CN=C(NCc1nccc(OC)n1)NC1CC1. The van der Waals surface area contributed by atoms with Gasteiger partial charge >= 0.3 is 0 Å². The molecule has 1 heterocycles. The molecule has 0 amide bonds. The number of rotatable bonds is 4. The molecule has 1 aliphatic carbocycles. The summed E-state index contributed by atoms with van der Waals surface area (Å²) < 4.78 is 5.04. The van der Waals surface area contributed by atoms with Gasteiger partial charge < -0.3 is 15.4 Å². The molecular formula is C11H17N5O. The van der Waals surface area contributed by atoms with Crippen LogP contribution in [0.5, 0.6) is 5.88 Å². The van der Waals surface area contributed by atoms with Crippen LogP contribution in [0.4, 0.5) is 0 Å². The zero-order chi connectivity index (χ0) is 12.1. The minimum atomic E-state index is 0.531. The smallest absolute Gasteiger partial charge is 0.216 e. The lowest BCUT2D eigenvalue weighted by atomic mass is 10.5. The van der Waals surface area contributed by atoms with Crippen molar-refractivity contribution in [2.24, 2.45) is 4.99 Å². The molecule has 1 saturated carbocycles. The van der Waals surface area contributed by atoms with Crippen LogP contribution in [0.2, 0.25) is 0 Å². The number of hydrogen-bond donors (Lipinski definition) is 2. The van der Waals surface area contributed by atoms with E-state index in [1.807, 2.05) is 0 Å². The maximum Gasteiger partial charge on any atom is 0.216 e. The van der Waals surface area contributed by atoms with Gasteiger partial charge in [0.1, 0.15) is 0 Å². The lowest BCUT2D eigenvalue weighted by Crippen LogP contribution is -2.38. The molecule has 0 aromatic carbocycles. The lowest BCUT2D eigenvalue weighted by Gasteiger charge is -2.10. The van der Waals surface area contributed by atoms with Crippen molar-refractivity contribution in [3.05, 3.63) is 18.1 Å². The summed E-state index contributed by atoms with van der Waals surface area (Å²) in [5, 5.41) is 6.46. The van der Waals surface area contributed by atoms with Gasteiger partial charge in [0.05, 0.1) is 13.7 Å². The van der Waals surface area contributed by atoms with Crippen molar-refractivity contribution in [2.75, 3.05) is 14.2 Å². The Balaban J connectivity index is 1.86. The third kappa shape index (κ3) is 3.58. The Labute approximate surface area is 101 Å². The molecule has 0 spiro atoms. The van der Waals surface area contributed by atoms with Crippen molar-refractivity contribution in [1.82, 2.24) is 20.6 Å². The molecule has 0 radical (unpaired) electrons. The number of aromatic nitrogens is 2. The molecule has 92 valence electrons. The second kappa shape index (κ2) is 5.47. The molecule has 1 aromatic heterocycles. The molecule has 17 heavy (non-hydrogen) atoms. The molecule has 2 rings (SSSR count). The molecule has 0 bridgehead atoms. The average molecular weight is 235 g/mol. The standard InChI is InChI=1S/C11H17N5O/c1-12-11(15-8-3-4-8)14-7-9-13-6-5-10(16-9)17-2/h5-6,8H,3-4,7H2,1-2H3,(H2,12,14,15). The highest BCUT2D eigenvalue weighted by molar-refractivity contribution is 5.80. The summed E-state index contributed by atoms with van der Waals surface area (Å²) in [5.41, 5.74) is 0. The fraction of sp³-hybridized carbons (Fsp3) is 0.545. The van der Waals surface area contributed by atoms with Gasteiger partial charge in [-0.25, -0.2) is 4.98 Å². The first-order chi connectivity index (χ1) is 8.31. The molecule has 1 aromatic rings. The molecule has 0 unspecified atom stereocenters. The average Bonchev–Trinajstić information content (AvgIpc) is 3.18. The van der Waals surface area contributed by atoms with Gasteiger partial charge in [0.25, 0.3) is 0 Å². The van der Waals surface area contributed by atoms with E-state index >= 15 is 0 Å². The number of aliphatic imine (C=N–C) groups is 1. The minimum absolute atomic E-state index is 0.531. The second-order valence-electron chi connectivity index (χ2n) is 3.86. The Morgan fingerprint density at radius 1 is 1.59 bits per heavy atom. The molecule has 0 aliphatic heterocycles. The van der Waals surface area contributed by atoms with E-state index in [1.54, 1.807) is 26.4 Å². The van der Waals surface area contributed by atoms with E-state index in [9.17, 15) is 0 Å². The summed E-state index contributed by atoms with van der Waals surface area (Å²) in [5.74, 6) is 2.05. The first kappa shape index (κ1) is 11.6. The van der Waals surface area contributed by atoms with E-state index in [4.69, 9.17) is 4.74 Å². The monoisotopic (exact) mass is 235 g/mol. The third-order valence-corrected chi connectivity index (χ3v) is 2.44. The topological polar surface area (TPSA) is 71.4 Å². The van der Waals surface area contributed by atoms with Gasteiger partial charge in [-0.15, -0.1) is 0 Å². The van der Waals surface area contributed by atoms with E-state index in [0.29, 0.717) is 24.3 Å². The molecule has 1 fully saturated rings. The van der Waals surface area contributed by atoms with Gasteiger partial charge in [-0.1, -0.05) is 0 Å². The number of methoxy groups -OCH3 is 1. The zero-order valence-electron chi connectivity index (χ0n) is 10.1. The first-order valence-electron chi connectivity index (χ1n) is 5.65. The van der Waals surface area contributed by atoms with Crippen LogP contribution in [0, 0.1) is 0 Å². The summed E-state index contributed by atoms with van der Waals surface area (Å²) in [7, 11) is 3.34. The predicted molar refractivity (Wildman–Crippen MR) is 64.9 cm³/mol. The zero-order valence-corrected chi connectivity index (χ0v) is 10.1. The summed E-state index contributed by atoms with van der Waals surface area (Å²) in [6.07, 6.45) is 4.12. The van der Waals surface area contributed by atoms with Gasteiger partial charge in [-0.3, -0.25) is 4.99 Å². The summed E-state index contributed by atoms with van der Waals surface area (Å²) >= 11 is 0. The highest BCUT2D eigenvalue weighted by Crippen LogP contribution is 2.18. The van der Waals surface area contributed by atoms with Crippen LogP contribution in [0.3, 0.4) is 0 Å². The summed E-state index contributed by atoms with van der Waals surface area (Å²) in [6, 6.07) is 2.30. The third-order valence-electron chi connectivity index (χ3n) is 2.44. The van der Waals surface area contributed by atoms with Gasteiger partial charge in [0, 0.05) is 25.4 Å². The molecule has 2 N–H and O–H groups in total. The van der Waals surface area contributed by atoms with E-state index in [-0.39, 0.29) is 0 Å². The van der Waals surface area contributed by atoms with Crippen LogP contribution in [-0.4, -0.2) is 36.1 Å². The van der Waals surface area contributed by atoms with Crippen LogP contribution in [-0.2, 0) is 6.54 Å². The van der Waals surface area contributed by atoms with Crippen molar-refractivity contribution in [3.63, 3.8) is 0 Å². The van der Waals surface area contributed by atoms with Crippen LogP contribution >= 0.6 is 0 Å². The number of guanidine groups is 1. The number of ether oxygens (including phenoxy) is 1. The number of nitrogens with one attached hydrogen (secondary N) is 2. The Kier molecular flexibility index (Phi) is 3.74. The first-order valence-corrected chi connectivity index (χ1v) is 5.65. The maximum atomic E-state index is 5.04. The van der Waals surface area contributed by atoms with Crippen LogP contribution in [0.15, 0.2) is 17.3 Å². The quantitative estimate of drug-likeness (QED) is 0.580. The summed E-state index contributed by atoms with van der Waals surface area (Å²) in [6.45, 7) is 0.531. The molecule has 0 atom stereocenters. The number of nitrogens with zero attached hydrogens (tertiary/aromatic N) is 3. The van der Waals surface area contributed by atoms with Crippen molar-refractivity contribution in [3.8, 4) is 5.88 Å². The van der Waals surface area contributed by atoms with Gasteiger partial charge in [-0.2, -0.15) is 4.98 Å². The van der Waals surface area contributed by atoms with Crippen LogP contribution in [0.1, 0.15) is 18.7 Å². The van der Waals surface area contributed by atoms with E-state index in [2.05, 4.69) is 25.6 Å². The lowest BCUT2D eigenvalue weighted by molar-refractivity contribution is 0.394. The van der Waals surface area contributed by atoms with Crippen molar-refractivity contribution < 1.29 is 4.74 Å². The highest BCUT2D eigenvalue weighted by atomic mass is 16.5. The Morgan fingerprint density at radius 2 is 2.41 bits per heavy atom. The van der Waals surface area contributed by atoms with Gasteiger partial charge in [0.15, 0.2) is 11.8 Å². The molecular weight excluding hydrogens is 218 g/mol. The van der Waals surface area contributed by atoms with Crippen LogP contribution in [0.25, 0.3) is 0 Å². The van der Waals surface area contributed by atoms with Gasteiger partial charge in [0.2, 0.25) is 5.88 Å². The maximum absolute atomic E-state index is 5.04. The Hall–Kier alpha value is -1.85. The fourth-order valence-electron chi connectivity index (χ4n) is 1.36. The Morgan fingerprint density at radius 3 is 3.06 bits per heavy atom. The Bertz CT molecular complexity index is 403. The second-order valence-corrected chi connectivity index (χ2v) is 3.86. The highest BCUT2D eigenvalue weighted by Gasteiger charge is 2.22. The van der Waals surface area contributed by atoms with E-state index in [1.165, 1.54) is 12.8 Å². The van der Waals surface area contributed by atoms with E-state index in [0.717, 1.165) is 5.96 Å². The fourth-order valence-corrected chi connectivity index (χ4v) is 1.36. The van der Waals surface area contributed by atoms with Crippen molar-refractivity contribution >= 4 is 5.96 Å². The largest absolute Gasteiger partial charge is 0.481 e. The van der Waals surface area contributed by atoms with Crippen LogP contribution < -0.4 is 15.4 Å². The van der Waals surface area contributed by atoms with E-state index < -0.39 is 0 Å². The normalized spacial score (nSPS) is 15.5. The van der Waals surface area contributed by atoms with Crippen molar-refractivity contribution in [1.29, 1.82) is 0 Å². The summed E-state index contributed by atoms with van der Waals surface area (Å²) in [4.78, 5) is 12.5. The molecule has 6 heteroatoms. The molecule has 1 aliphatic rings. The molecule has 0 saturated heterocycles. The molecule has 6 nitrogen and oxygen atoms in total. The predicted octanol–water partition coefficient (Wildman–Crippen LogP) is 0.313. The van der Waals surface area contributed by atoms with Gasteiger partial charge in [-0.05, 0) is 12.8 Å². The number of hydrogen-bond acceptors (Lipinski definition) is 4.